The number of rotatable bonds is 6. The quantitative estimate of drug-likeness (QED) is 0.177. The summed E-state index contributed by atoms with van der Waals surface area (Å²) in [5, 5.41) is 4.06. The molecule has 1 atom stereocenters. The number of nitrogens with one attached hydrogen (secondary N) is 1. The van der Waals surface area contributed by atoms with E-state index in [1.54, 1.807) is 0 Å². The lowest BCUT2D eigenvalue weighted by molar-refractivity contribution is -0.0234. The molecule has 1 heterocycles. The Morgan fingerprint density at radius 2 is 1.93 bits per heavy atom. The van der Waals surface area contributed by atoms with Gasteiger partial charge in [-0.1, -0.05) is 63.4 Å². The van der Waals surface area contributed by atoms with E-state index in [1.807, 2.05) is 23.1 Å². The van der Waals surface area contributed by atoms with Gasteiger partial charge in [0.05, 0.1) is 20.5 Å². The molecule has 0 spiro atoms. The lowest BCUT2D eigenvalue weighted by atomic mass is 9.74. The van der Waals surface area contributed by atoms with Crippen LogP contribution in [-0.4, -0.2) is 19.0 Å². The minimum atomic E-state index is -3.20. The maximum Gasteiger partial charge on any atom is 0.277 e. The van der Waals surface area contributed by atoms with Gasteiger partial charge in [0.2, 0.25) is 4.91 Å². The summed E-state index contributed by atoms with van der Waals surface area (Å²) in [6.45, 7) is 4.06. The number of allylic oxidation sites excluding steroid dienone is 1. The molecule has 1 fully saturated rings. The molecule has 2 aromatic rings. The molecule has 2 aromatic carbocycles. The summed E-state index contributed by atoms with van der Waals surface area (Å²) in [6.07, 6.45) is 0.852. The highest BCUT2D eigenvalue weighted by molar-refractivity contribution is 9.10. The molecule has 1 N–H and O–H groups in total. The smallest absolute Gasteiger partial charge is 0.277 e. The highest BCUT2D eigenvalue weighted by atomic mass is 79.9. The van der Waals surface area contributed by atoms with Crippen molar-refractivity contribution in [1.29, 1.82) is 5.53 Å². The first kappa shape index (κ1) is 23.2. The van der Waals surface area contributed by atoms with Crippen molar-refractivity contribution in [3.05, 3.63) is 73.7 Å². The first-order valence-electron chi connectivity index (χ1n) is 8.88. The fourth-order valence-corrected chi connectivity index (χ4v) is 4.82. The number of halogens is 6. The van der Waals surface area contributed by atoms with Crippen molar-refractivity contribution < 1.29 is 8.78 Å². The van der Waals surface area contributed by atoms with Gasteiger partial charge >= 0.3 is 0 Å². The molecule has 1 saturated heterocycles. The van der Waals surface area contributed by atoms with Gasteiger partial charge in [-0.05, 0) is 47.9 Å². The van der Waals surface area contributed by atoms with Crippen LogP contribution in [0.4, 0.5) is 14.5 Å². The first-order valence-corrected chi connectivity index (χ1v) is 10.8. The first-order chi connectivity index (χ1) is 14.1. The van der Waals surface area contributed by atoms with Crippen LogP contribution >= 0.6 is 50.7 Å². The predicted octanol–water partition coefficient (Wildman–Crippen LogP) is 7.43. The van der Waals surface area contributed by atoms with Crippen LogP contribution in [0.5, 0.6) is 0 Å². The van der Waals surface area contributed by atoms with Crippen LogP contribution in [0.2, 0.25) is 15.1 Å². The van der Waals surface area contributed by atoms with E-state index in [0.717, 1.165) is 15.7 Å². The number of hydrogen-bond donors (Lipinski definition) is 1. The van der Waals surface area contributed by atoms with Crippen LogP contribution in [0.3, 0.4) is 0 Å². The largest absolute Gasteiger partial charge is 0.370 e. The van der Waals surface area contributed by atoms with E-state index >= 15 is 8.78 Å². The molecule has 0 radical (unpaired) electrons. The summed E-state index contributed by atoms with van der Waals surface area (Å²) in [6, 6.07) is 8.43. The lowest BCUT2D eigenvalue weighted by Gasteiger charge is -2.36. The summed E-state index contributed by atoms with van der Waals surface area (Å²) in [7, 11) is 0. The summed E-state index contributed by atoms with van der Waals surface area (Å²) in [5.74, 6) is -3.20. The third kappa shape index (κ3) is 4.14. The second kappa shape index (κ2) is 8.93. The van der Waals surface area contributed by atoms with E-state index in [1.165, 1.54) is 12.1 Å². The van der Waals surface area contributed by atoms with Crippen molar-refractivity contribution in [2.75, 3.05) is 18.0 Å². The van der Waals surface area contributed by atoms with Gasteiger partial charge in [0.15, 0.2) is 0 Å². The van der Waals surface area contributed by atoms with E-state index in [0.29, 0.717) is 18.2 Å². The van der Waals surface area contributed by atoms with E-state index in [2.05, 4.69) is 32.5 Å². The number of hydrogen-bond acceptors (Lipinski definition) is 3. The highest BCUT2D eigenvalue weighted by Gasteiger charge is 2.56. The van der Waals surface area contributed by atoms with Gasteiger partial charge in [-0.15, -0.1) is 0 Å². The third-order valence-electron chi connectivity index (χ3n) is 5.41. The predicted molar refractivity (Wildman–Crippen MR) is 120 cm³/mol. The zero-order valence-electron chi connectivity index (χ0n) is 15.6. The number of alkyl halides is 2. The van der Waals surface area contributed by atoms with Gasteiger partial charge in [0.1, 0.15) is 17.2 Å². The summed E-state index contributed by atoms with van der Waals surface area (Å²) in [4.78, 5) is 4.88. The fourth-order valence-electron chi connectivity index (χ4n) is 3.73. The van der Waals surface area contributed by atoms with Crippen molar-refractivity contribution in [2.45, 2.75) is 24.3 Å². The molecule has 3 rings (SSSR count). The maximum absolute atomic E-state index is 15.2. The Bertz CT molecular complexity index is 1020. The van der Waals surface area contributed by atoms with E-state index in [4.69, 9.17) is 40.3 Å². The Morgan fingerprint density at radius 1 is 1.27 bits per heavy atom. The normalized spacial score (nSPS) is 18.9. The molecule has 0 saturated carbocycles. The molecular formula is C20H17BrCl3F2N4+. The maximum atomic E-state index is 15.2. The molecule has 158 valence electrons. The van der Waals surface area contributed by atoms with Crippen LogP contribution in [0.1, 0.15) is 17.5 Å². The Morgan fingerprint density at radius 3 is 2.50 bits per heavy atom. The van der Waals surface area contributed by atoms with Gasteiger partial charge < -0.3 is 4.90 Å². The van der Waals surface area contributed by atoms with Crippen LogP contribution in [0.15, 0.2) is 52.6 Å². The average Bonchev–Trinajstić information content (AvgIpc) is 3.18. The molecular weight excluding hydrogens is 521 g/mol. The molecule has 10 heteroatoms. The van der Waals surface area contributed by atoms with Crippen LogP contribution in [0, 0.1) is 5.53 Å². The Hall–Kier alpha value is -1.50. The van der Waals surface area contributed by atoms with Crippen LogP contribution in [0.25, 0.3) is 0 Å². The molecule has 4 nitrogen and oxygen atoms in total. The summed E-state index contributed by atoms with van der Waals surface area (Å²) in [5.41, 5.74) is 7.16. The molecule has 1 aliphatic heterocycles. The Kier molecular flexibility index (Phi) is 6.90. The number of nitrogens with zero attached hydrogens (tertiary/aromatic N) is 3. The average molecular weight is 538 g/mol. The molecule has 0 bridgehead atoms. The molecule has 1 aliphatic rings. The zero-order valence-corrected chi connectivity index (χ0v) is 19.5. The number of anilines is 1. The van der Waals surface area contributed by atoms with Crippen molar-refractivity contribution in [1.82, 2.24) is 4.91 Å². The third-order valence-corrected chi connectivity index (χ3v) is 7.35. The van der Waals surface area contributed by atoms with Crippen molar-refractivity contribution in [3.63, 3.8) is 0 Å². The van der Waals surface area contributed by atoms with E-state index in [9.17, 15) is 0 Å². The van der Waals surface area contributed by atoms with E-state index in [-0.39, 0.29) is 34.6 Å². The molecule has 0 aromatic heterocycles. The zero-order chi connectivity index (χ0) is 22.1. The van der Waals surface area contributed by atoms with Gasteiger partial charge in [0, 0.05) is 23.2 Å². The minimum absolute atomic E-state index is 0.0402. The second-order valence-electron chi connectivity index (χ2n) is 7.01. The molecule has 0 amide bonds. The minimum Gasteiger partial charge on any atom is -0.370 e. The van der Waals surface area contributed by atoms with Crippen LogP contribution in [-0.2, 0) is 12.0 Å². The van der Waals surface area contributed by atoms with E-state index < -0.39 is 11.3 Å². The van der Waals surface area contributed by atoms with Crippen molar-refractivity contribution in [3.8, 4) is 0 Å². The van der Waals surface area contributed by atoms with Crippen molar-refractivity contribution in [2.24, 2.45) is 5.11 Å². The Labute approximate surface area is 196 Å². The van der Waals surface area contributed by atoms with Crippen molar-refractivity contribution >= 4 is 56.4 Å². The molecule has 30 heavy (non-hydrogen) atoms. The second-order valence-corrected chi connectivity index (χ2v) is 9.06. The lowest BCUT2D eigenvalue weighted by Crippen LogP contribution is -2.46. The highest BCUT2D eigenvalue weighted by Crippen LogP contribution is 2.50. The van der Waals surface area contributed by atoms with Crippen LogP contribution < -0.4 is 9.81 Å². The summed E-state index contributed by atoms with van der Waals surface area (Å²) < 4.78 is 31.2. The van der Waals surface area contributed by atoms with Gasteiger partial charge in [-0.3, -0.25) is 0 Å². The number of benzene rings is 2. The Balaban J connectivity index is 2.02. The molecule has 0 aliphatic carbocycles. The standard InChI is InChI=1S/C20H17BrCl3F2N4/c1-2-20(25,26)19(13-7-16(22)18(24)17(23)8-13)5-6-30(11-19)14-4-3-12(10-28-29-27)15(21)9-14/h2-4,7-9,27H,1,5-6,10-11H2/q+1. The monoisotopic (exact) mass is 535 g/mol. The molecule has 1 unspecified atom stereocenters. The SMILES string of the molecule is C=CC(F)(F)C1(c2cc(Cl)c(Cl)c(Cl)c2)CCN(c2ccc(CN=[N+]=N)c(Br)c2)C1. The summed E-state index contributed by atoms with van der Waals surface area (Å²) >= 11 is 21.8. The van der Waals surface area contributed by atoms with Gasteiger partial charge in [-0.25, -0.2) is 8.78 Å². The topological polar surface area (TPSA) is 53.6 Å². The van der Waals surface area contributed by atoms with Gasteiger partial charge in [-0.2, -0.15) is 0 Å². The van der Waals surface area contributed by atoms with Gasteiger partial charge in [0.25, 0.3) is 5.92 Å². The fraction of sp³-hybridized carbons (Fsp3) is 0.300.